The average molecular weight is 379 g/mol. The Kier molecular flexibility index (Phi) is 5.38. The summed E-state index contributed by atoms with van der Waals surface area (Å²) in [6, 6.07) is 18.1. The number of thioether (sulfide) groups is 1. The van der Waals surface area contributed by atoms with Gasteiger partial charge in [0.15, 0.2) is 0 Å². The molecule has 0 bridgehead atoms. The van der Waals surface area contributed by atoms with Gasteiger partial charge in [0, 0.05) is 36.2 Å². The smallest absolute Gasteiger partial charge is 0.222 e. The van der Waals surface area contributed by atoms with E-state index < -0.39 is 0 Å². The fourth-order valence-corrected chi connectivity index (χ4v) is 3.44. The summed E-state index contributed by atoms with van der Waals surface area (Å²) in [5, 5.41) is 9.38. The van der Waals surface area contributed by atoms with Gasteiger partial charge >= 0.3 is 0 Å². The number of nitrogens with zero attached hydrogens (tertiary/aromatic N) is 3. The van der Waals surface area contributed by atoms with Gasteiger partial charge < -0.3 is 9.84 Å². The molecule has 0 aliphatic carbocycles. The van der Waals surface area contributed by atoms with Crippen molar-refractivity contribution in [2.24, 2.45) is 0 Å². The predicted molar refractivity (Wildman–Crippen MR) is 107 cm³/mol. The lowest BCUT2D eigenvalue weighted by atomic mass is 10.1. The highest BCUT2D eigenvalue weighted by Gasteiger charge is 2.23. The first-order valence-electron chi connectivity index (χ1n) is 8.83. The van der Waals surface area contributed by atoms with Crippen molar-refractivity contribution >= 4 is 11.8 Å². The number of likely N-dealkylation sites (tertiary alicyclic amines) is 1. The fourth-order valence-electron chi connectivity index (χ4n) is 3.03. The van der Waals surface area contributed by atoms with Crippen LogP contribution in [0.5, 0.6) is 11.6 Å². The fraction of sp³-hybridized carbons (Fsp3) is 0.238. The average Bonchev–Trinajstić information content (AvgIpc) is 2.68. The van der Waals surface area contributed by atoms with E-state index in [2.05, 4.69) is 39.1 Å². The predicted octanol–water partition coefficient (Wildman–Crippen LogP) is 3.83. The van der Waals surface area contributed by atoms with Crippen molar-refractivity contribution in [1.82, 2.24) is 14.9 Å². The highest BCUT2D eigenvalue weighted by atomic mass is 32.2. The van der Waals surface area contributed by atoms with Crippen molar-refractivity contribution in [1.29, 1.82) is 0 Å². The molecule has 1 fully saturated rings. The Morgan fingerprint density at radius 3 is 2.48 bits per heavy atom. The van der Waals surface area contributed by atoms with E-state index in [9.17, 15) is 5.11 Å². The van der Waals surface area contributed by atoms with Crippen LogP contribution in [0.4, 0.5) is 0 Å². The van der Waals surface area contributed by atoms with Crippen LogP contribution in [0.3, 0.4) is 0 Å². The summed E-state index contributed by atoms with van der Waals surface area (Å²) in [6.07, 6.45) is 3.40. The van der Waals surface area contributed by atoms with Gasteiger partial charge in [-0.1, -0.05) is 24.3 Å². The van der Waals surface area contributed by atoms with Crippen LogP contribution in [0.2, 0.25) is 0 Å². The summed E-state index contributed by atoms with van der Waals surface area (Å²) in [4.78, 5) is 12.0. The summed E-state index contributed by atoms with van der Waals surface area (Å²) in [6.45, 7) is 2.38. The first-order chi connectivity index (χ1) is 13.2. The minimum Gasteiger partial charge on any atom is -0.439 e. The molecule has 2 heterocycles. The lowest BCUT2D eigenvalue weighted by Crippen LogP contribution is -2.49. The van der Waals surface area contributed by atoms with Crippen LogP contribution in [-0.2, 0) is 6.54 Å². The van der Waals surface area contributed by atoms with Crippen LogP contribution in [0.25, 0.3) is 11.3 Å². The molecule has 6 heteroatoms. The van der Waals surface area contributed by atoms with Gasteiger partial charge in [0.25, 0.3) is 0 Å². The first kappa shape index (κ1) is 18.0. The number of benzene rings is 2. The molecule has 27 heavy (non-hydrogen) atoms. The maximum absolute atomic E-state index is 9.38. The second-order valence-electron chi connectivity index (χ2n) is 6.56. The Labute approximate surface area is 163 Å². The molecule has 0 amide bonds. The summed E-state index contributed by atoms with van der Waals surface area (Å²) in [5.41, 5.74) is 3.07. The highest BCUT2D eigenvalue weighted by molar-refractivity contribution is 7.98. The molecule has 0 atom stereocenters. The molecule has 1 aliphatic heterocycles. The first-order valence-corrected chi connectivity index (χ1v) is 10.1. The van der Waals surface area contributed by atoms with Gasteiger partial charge in [-0.05, 0) is 36.1 Å². The number of β-amino-alcohol motifs (C(OH)–C–C–N with tert-alkyl or cyclic N) is 1. The van der Waals surface area contributed by atoms with Crippen LogP contribution >= 0.6 is 11.8 Å². The molecular formula is C21H21N3O2S. The van der Waals surface area contributed by atoms with Gasteiger partial charge in [0.1, 0.15) is 12.1 Å². The van der Waals surface area contributed by atoms with Crippen molar-refractivity contribution in [2.75, 3.05) is 19.3 Å². The number of rotatable bonds is 6. The molecule has 0 saturated carbocycles. The topological polar surface area (TPSA) is 58.5 Å². The molecule has 0 radical (unpaired) electrons. The van der Waals surface area contributed by atoms with Gasteiger partial charge in [-0.3, -0.25) is 4.90 Å². The normalized spacial score (nSPS) is 14.7. The standard InChI is InChI=1S/C21H21N3O2S/c1-27-19-8-6-18(7-9-19)26-21-10-20(22-14-23-21)16-4-2-15(3-5-16)11-24-12-17(25)13-24/h2-10,14,17,25H,11-13H2,1H3. The molecule has 1 saturated heterocycles. The van der Waals surface area contributed by atoms with Crippen molar-refractivity contribution in [3.05, 3.63) is 66.5 Å². The molecule has 3 aromatic rings. The van der Waals surface area contributed by atoms with Crippen LogP contribution < -0.4 is 4.74 Å². The van der Waals surface area contributed by atoms with E-state index in [1.165, 1.54) is 16.8 Å². The van der Waals surface area contributed by atoms with E-state index in [0.29, 0.717) is 5.88 Å². The van der Waals surface area contributed by atoms with Crippen molar-refractivity contribution in [3.63, 3.8) is 0 Å². The van der Waals surface area contributed by atoms with E-state index in [-0.39, 0.29) is 6.10 Å². The number of aliphatic hydroxyl groups is 1. The largest absolute Gasteiger partial charge is 0.439 e. The second-order valence-corrected chi connectivity index (χ2v) is 7.44. The van der Waals surface area contributed by atoms with Crippen molar-refractivity contribution in [3.8, 4) is 22.9 Å². The zero-order valence-electron chi connectivity index (χ0n) is 15.1. The minimum atomic E-state index is -0.166. The third kappa shape index (κ3) is 4.47. The number of aliphatic hydroxyl groups excluding tert-OH is 1. The van der Waals surface area contributed by atoms with Crippen LogP contribution in [0, 0.1) is 0 Å². The Morgan fingerprint density at radius 2 is 1.81 bits per heavy atom. The van der Waals surface area contributed by atoms with Gasteiger partial charge in [-0.2, -0.15) is 0 Å². The number of aromatic nitrogens is 2. The Bertz CT molecular complexity index is 894. The number of ether oxygens (including phenoxy) is 1. The van der Waals surface area contributed by atoms with E-state index in [1.807, 2.05) is 36.6 Å². The molecule has 1 N–H and O–H groups in total. The molecule has 0 unspecified atom stereocenters. The molecule has 1 aromatic heterocycles. The van der Waals surface area contributed by atoms with Gasteiger partial charge in [-0.15, -0.1) is 11.8 Å². The third-order valence-electron chi connectivity index (χ3n) is 4.52. The zero-order chi connectivity index (χ0) is 18.6. The monoisotopic (exact) mass is 379 g/mol. The molecule has 138 valence electrons. The maximum atomic E-state index is 9.38. The molecule has 1 aliphatic rings. The van der Waals surface area contributed by atoms with E-state index in [4.69, 9.17) is 4.74 Å². The lowest BCUT2D eigenvalue weighted by molar-refractivity contribution is -0.00286. The summed E-state index contributed by atoms with van der Waals surface area (Å²) in [7, 11) is 0. The molecule has 4 rings (SSSR count). The van der Waals surface area contributed by atoms with Gasteiger partial charge in [0.2, 0.25) is 5.88 Å². The van der Waals surface area contributed by atoms with E-state index >= 15 is 0 Å². The molecular weight excluding hydrogens is 358 g/mol. The van der Waals surface area contributed by atoms with Crippen molar-refractivity contribution < 1.29 is 9.84 Å². The Hall–Kier alpha value is -2.41. The molecule has 5 nitrogen and oxygen atoms in total. The maximum Gasteiger partial charge on any atom is 0.222 e. The van der Waals surface area contributed by atoms with Crippen LogP contribution in [0.15, 0.2) is 65.8 Å². The SMILES string of the molecule is CSc1ccc(Oc2cc(-c3ccc(CN4CC(O)C4)cc3)ncn2)cc1. The summed E-state index contributed by atoms with van der Waals surface area (Å²) < 4.78 is 5.86. The highest BCUT2D eigenvalue weighted by Crippen LogP contribution is 2.26. The van der Waals surface area contributed by atoms with Crippen LogP contribution in [-0.4, -0.2) is 45.4 Å². The van der Waals surface area contributed by atoms with E-state index in [1.54, 1.807) is 11.8 Å². The minimum absolute atomic E-state index is 0.166. The quantitative estimate of drug-likeness (QED) is 0.657. The second kappa shape index (κ2) is 8.08. The van der Waals surface area contributed by atoms with Crippen LogP contribution in [0.1, 0.15) is 5.56 Å². The lowest BCUT2D eigenvalue weighted by Gasteiger charge is -2.35. The number of hydrogen-bond donors (Lipinski definition) is 1. The van der Waals surface area contributed by atoms with Gasteiger partial charge in [0.05, 0.1) is 11.8 Å². The Morgan fingerprint density at radius 1 is 1.07 bits per heavy atom. The van der Waals surface area contributed by atoms with E-state index in [0.717, 1.165) is 36.6 Å². The zero-order valence-corrected chi connectivity index (χ0v) is 15.9. The van der Waals surface area contributed by atoms with Crippen molar-refractivity contribution in [2.45, 2.75) is 17.5 Å². The summed E-state index contributed by atoms with van der Waals surface area (Å²) in [5.74, 6) is 1.28. The van der Waals surface area contributed by atoms with Gasteiger partial charge in [-0.25, -0.2) is 9.97 Å². The summed E-state index contributed by atoms with van der Waals surface area (Å²) >= 11 is 1.70. The third-order valence-corrected chi connectivity index (χ3v) is 5.26. The Balaban J connectivity index is 1.44. The number of hydrogen-bond acceptors (Lipinski definition) is 6. The molecule has 2 aromatic carbocycles. The molecule has 0 spiro atoms.